The molecule has 2 aliphatic rings. The molecule has 204 valence electrons. The Bertz CT molecular complexity index is 1430. The summed E-state index contributed by atoms with van der Waals surface area (Å²) >= 11 is 0.898. The second-order valence-electron chi connectivity index (χ2n) is 9.95. The van der Waals surface area contributed by atoms with Gasteiger partial charge in [0.2, 0.25) is 5.91 Å². The van der Waals surface area contributed by atoms with Crippen LogP contribution in [0.2, 0.25) is 0 Å². The molecule has 39 heavy (non-hydrogen) atoms. The zero-order valence-electron chi connectivity index (χ0n) is 22.2. The molecule has 0 spiro atoms. The van der Waals surface area contributed by atoms with E-state index in [2.05, 4.69) is 19.9 Å². The Morgan fingerprint density at radius 2 is 1.95 bits per heavy atom. The average Bonchev–Trinajstić information content (AvgIpc) is 3.41. The fourth-order valence-corrected chi connectivity index (χ4v) is 6.17. The summed E-state index contributed by atoms with van der Waals surface area (Å²) in [5, 5.41) is 0.585. The Labute approximate surface area is 231 Å². The predicted octanol–water partition coefficient (Wildman–Crippen LogP) is 5.86. The highest BCUT2D eigenvalue weighted by Gasteiger charge is 2.35. The van der Waals surface area contributed by atoms with Crippen LogP contribution in [0.25, 0.3) is 17.0 Å². The number of amides is 3. The number of nitrogens with zero attached hydrogens (tertiary/aromatic N) is 3. The fourth-order valence-electron chi connectivity index (χ4n) is 5.32. The van der Waals surface area contributed by atoms with Crippen LogP contribution >= 0.6 is 11.8 Å². The maximum Gasteiger partial charge on any atom is 0.293 e. The fraction of sp³-hybridized carbons (Fsp3) is 0.367. The number of imide groups is 1. The van der Waals surface area contributed by atoms with Crippen LogP contribution in [0.5, 0.6) is 5.75 Å². The highest BCUT2D eigenvalue weighted by molar-refractivity contribution is 8.18. The van der Waals surface area contributed by atoms with Crippen LogP contribution in [0.3, 0.4) is 0 Å². The summed E-state index contributed by atoms with van der Waals surface area (Å²) in [6.45, 7) is 5.39. The normalized spacial score (nSPS) is 18.9. The number of halogens is 1. The van der Waals surface area contributed by atoms with Gasteiger partial charge in [-0.3, -0.25) is 19.3 Å². The smallest absolute Gasteiger partial charge is 0.293 e. The van der Waals surface area contributed by atoms with Crippen molar-refractivity contribution in [3.63, 3.8) is 0 Å². The summed E-state index contributed by atoms with van der Waals surface area (Å²) in [5.74, 6) is -0.181. The van der Waals surface area contributed by atoms with E-state index in [1.807, 2.05) is 27.8 Å². The Kier molecular flexibility index (Phi) is 8.07. The van der Waals surface area contributed by atoms with Crippen LogP contribution in [0.15, 0.2) is 53.6 Å². The van der Waals surface area contributed by atoms with Gasteiger partial charge in [-0.2, -0.15) is 0 Å². The van der Waals surface area contributed by atoms with Gasteiger partial charge in [0.15, 0.2) is 0 Å². The SMILES string of the molecule is CCc1cccc2c(/C=C3\SC(=O)N(CCOc4ccc(F)cc4)C3=O)cn(CC(=O)N3CCCC[C@H]3C)c12. The molecule has 3 aromatic rings. The summed E-state index contributed by atoms with van der Waals surface area (Å²) in [5.41, 5.74) is 2.90. The number of carbonyl (C=O) groups excluding carboxylic acids is 3. The first-order valence-corrected chi connectivity index (χ1v) is 14.2. The second-order valence-corrected chi connectivity index (χ2v) is 10.9. The standard InChI is InChI=1S/C30H32FN3O4S/c1-3-21-8-6-9-25-22(18-32(28(21)25)19-27(35)33-14-5-4-7-20(33)2)17-26-29(36)34(30(37)39-26)15-16-38-24-12-10-23(31)11-13-24/h6,8-13,17-18,20H,3-5,7,14-16,19H2,1-2H3/b26-17-/t20-/m1/s1. The van der Waals surface area contributed by atoms with E-state index in [1.165, 1.54) is 24.3 Å². The van der Waals surface area contributed by atoms with Crippen molar-refractivity contribution in [3.05, 3.63) is 70.5 Å². The number of piperidine rings is 1. The van der Waals surface area contributed by atoms with E-state index in [9.17, 15) is 18.8 Å². The highest BCUT2D eigenvalue weighted by atomic mass is 32.2. The first-order valence-electron chi connectivity index (χ1n) is 13.4. The lowest BCUT2D eigenvalue weighted by Crippen LogP contribution is -2.43. The minimum atomic E-state index is -0.376. The molecule has 0 radical (unpaired) electrons. The van der Waals surface area contributed by atoms with Crippen LogP contribution in [0, 0.1) is 5.82 Å². The molecule has 7 nitrogen and oxygen atoms in total. The van der Waals surface area contributed by atoms with Gasteiger partial charge in [-0.1, -0.05) is 25.1 Å². The maximum absolute atomic E-state index is 13.3. The number of hydrogen-bond donors (Lipinski definition) is 0. The average molecular weight is 550 g/mol. The van der Waals surface area contributed by atoms with Gasteiger partial charge in [-0.15, -0.1) is 0 Å². The highest BCUT2D eigenvalue weighted by Crippen LogP contribution is 2.35. The molecule has 1 atom stereocenters. The van der Waals surface area contributed by atoms with Crippen molar-refractivity contribution in [1.82, 2.24) is 14.4 Å². The van der Waals surface area contributed by atoms with Crippen LogP contribution in [0.4, 0.5) is 9.18 Å². The van der Waals surface area contributed by atoms with Crippen molar-refractivity contribution in [2.24, 2.45) is 0 Å². The summed E-state index contributed by atoms with van der Waals surface area (Å²) in [7, 11) is 0. The van der Waals surface area contributed by atoms with Crippen molar-refractivity contribution in [1.29, 1.82) is 0 Å². The number of aromatic nitrogens is 1. The van der Waals surface area contributed by atoms with Crippen LogP contribution in [-0.4, -0.2) is 57.2 Å². The summed E-state index contributed by atoms with van der Waals surface area (Å²) in [6.07, 6.45) is 7.67. The maximum atomic E-state index is 13.3. The number of thioether (sulfide) groups is 1. The number of rotatable bonds is 8. The molecule has 9 heteroatoms. The van der Waals surface area contributed by atoms with E-state index in [-0.39, 0.29) is 48.6 Å². The van der Waals surface area contributed by atoms with Gasteiger partial charge in [0.25, 0.3) is 11.1 Å². The predicted molar refractivity (Wildman–Crippen MR) is 151 cm³/mol. The first kappa shape index (κ1) is 27.0. The van der Waals surface area contributed by atoms with Gasteiger partial charge in [0.05, 0.1) is 17.0 Å². The zero-order chi connectivity index (χ0) is 27.5. The minimum Gasteiger partial charge on any atom is -0.492 e. The molecule has 5 rings (SSSR count). The quantitative estimate of drug-likeness (QED) is 0.329. The number of aryl methyl sites for hydroxylation is 1. The molecule has 2 aromatic carbocycles. The number of carbonyl (C=O) groups is 3. The van der Waals surface area contributed by atoms with Crippen molar-refractivity contribution in [3.8, 4) is 5.75 Å². The molecule has 3 amide bonds. The van der Waals surface area contributed by atoms with E-state index in [0.29, 0.717) is 10.7 Å². The number of benzene rings is 2. The number of fused-ring (bicyclic) bond motifs is 1. The van der Waals surface area contributed by atoms with Crippen LogP contribution in [-0.2, 0) is 22.6 Å². The molecular weight excluding hydrogens is 517 g/mol. The van der Waals surface area contributed by atoms with Crippen molar-refractivity contribution in [2.75, 3.05) is 19.7 Å². The first-order chi connectivity index (χ1) is 18.9. The van der Waals surface area contributed by atoms with Crippen LogP contribution in [0.1, 0.15) is 44.2 Å². The molecule has 3 heterocycles. The molecule has 2 aliphatic heterocycles. The lowest BCUT2D eigenvalue weighted by atomic mass is 10.0. The largest absolute Gasteiger partial charge is 0.492 e. The van der Waals surface area contributed by atoms with Crippen molar-refractivity contribution < 1.29 is 23.5 Å². The molecular formula is C30H32FN3O4S. The number of likely N-dealkylation sites (tertiary alicyclic amines) is 1. The number of hydrogen-bond acceptors (Lipinski definition) is 5. The van der Waals surface area contributed by atoms with Gasteiger partial charge in [0, 0.05) is 29.7 Å². The molecule has 0 unspecified atom stereocenters. The molecule has 1 aromatic heterocycles. The molecule has 0 bridgehead atoms. The van der Waals surface area contributed by atoms with Crippen LogP contribution < -0.4 is 4.74 Å². The molecule has 0 saturated carbocycles. The Morgan fingerprint density at radius 3 is 2.69 bits per heavy atom. The third-order valence-corrected chi connectivity index (χ3v) is 8.29. The van der Waals surface area contributed by atoms with E-state index in [4.69, 9.17) is 4.74 Å². The topological polar surface area (TPSA) is 71.8 Å². The molecule has 2 fully saturated rings. The zero-order valence-corrected chi connectivity index (χ0v) is 23.0. The monoisotopic (exact) mass is 549 g/mol. The summed E-state index contributed by atoms with van der Waals surface area (Å²) in [4.78, 5) is 42.6. The second kappa shape index (κ2) is 11.7. The van der Waals surface area contributed by atoms with E-state index in [1.54, 1.807) is 6.08 Å². The van der Waals surface area contributed by atoms with Gasteiger partial charge in [0.1, 0.15) is 24.7 Å². The number of para-hydroxylation sites is 1. The van der Waals surface area contributed by atoms with Gasteiger partial charge < -0.3 is 14.2 Å². The lowest BCUT2D eigenvalue weighted by molar-refractivity contribution is -0.135. The third-order valence-electron chi connectivity index (χ3n) is 7.38. The lowest BCUT2D eigenvalue weighted by Gasteiger charge is -2.33. The summed E-state index contributed by atoms with van der Waals surface area (Å²) < 4.78 is 20.7. The van der Waals surface area contributed by atoms with Gasteiger partial charge in [-0.25, -0.2) is 4.39 Å². The summed E-state index contributed by atoms with van der Waals surface area (Å²) in [6, 6.07) is 11.9. The Balaban J connectivity index is 1.37. The van der Waals surface area contributed by atoms with E-state index < -0.39 is 0 Å². The third kappa shape index (κ3) is 5.73. The van der Waals surface area contributed by atoms with Gasteiger partial charge >= 0.3 is 0 Å². The molecule has 0 aliphatic carbocycles. The number of ether oxygens (including phenoxy) is 1. The van der Waals surface area contributed by atoms with E-state index in [0.717, 1.165) is 70.9 Å². The van der Waals surface area contributed by atoms with Crippen molar-refractivity contribution >= 4 is 45.8 Å². The van der Waals surface area contributed by atoms with Gasteiger partial charge in [-0.05, 0) is 80.3 Å². The Hall–Kier alpha value is -3.59. The van der Waals surface area contributed by atoms with E-state index >= 15 is 0 Å². The minimum absolute atomic E-state index is 0.0870. The molecule has 0 N–H and O–H groups in total. The van der Waals surface area contributed by atoms with Crippen molar-refractivity contribution in [2.45, 2.75) is 52.1 Å². The Morgan fingerprint density at radius 1 is 1.15 bits per heavy atom. The molecule has 2 saturated heterocycles.